The van der Waals surface area contributed by atoms with E-state index in [4.69, 9.17) is 11.6 Å². The summed E-state index contributed by atoms with van der Waals surface area (Å²) < 4.78 is 2.41. The van der Waals surface area contributed by atoms with E-state index in [9.17, 15) is 4.79 Å². The van der Waals surface area contributed by atoms with Crippen LogP contribution in [0.3, 0.4) is 0 Å². The summed E-state index contributed by atoms with van der Waals surface area (Å²) in [5.41, 5.74) is 2.06. The fourth-order valence-electron chi connectivity index (χ4n) is 1.89. The Bertz CT molecular complexity index is 634. The number of benzene rings is 1. The number of rotatable bonds is 3. The summed E-state index contributed by atoms with van der Waals surface area (Å²) in [5.74, 6) is -0.119. The topological polar surface area (TPSA) is 34.9 Å². The molecule has 0 atom stereocenters. The van der Waals surface area contributed by atoms with Gasteiger partial charge in [-0.3, -0.25) is 9.48 Å². The molecule has 0 saturated carbocycles. The third kappa shape index (κ3) is 2.74. The lowest BCUT2D eigenvalue weighted by Crippen LogP contribution is -2.14. The number of halogens is 2. The first kappa shape index (κ1) is 14.3. The Labute approximate surface area is 125 Å². The van der Waals surface area contributed by atoms with Gasteiger partial charge < -0.3 is 0 Å². The highest BCUT2D eigenvalue weighted by Gasteiger charge is 2.22. The smallest absolute Gasteiger partial charge is 0.213 e. The molecule has 0 saturated heterocycles. The molecule has 0 aliphatic heterocycles. The molecule has 0 N–H and O–H groups in total. The molecule has 0 bridgehead atoms. The van der Waals surface area contributed by atoms with Gasteiger partial charge in [0.25, 0.3) is 0 Å². The van der Waals surface area contributed by atoms with Crippen molar-refractivity contribution in [3.05, 3.63) is 50.7 Å². The van der Waals surface area contributed by atoms with E-state index in [1.54, 1.807) is 4.68 Å². The minimum absolute atomic E-state index is 0.0787. The van der Waals surface area contributed by atoms with E-state index in [0.717, 1.165) is 10.0 Å². The minimum Gasteiger partial charge on any atom is -0.287 e. The van der Waals surface area contributed by atoms with Gasteiger partial charge in [0.1, 0.15) is 5.69 Å². The van der Waals surface area contributed by atoms with Crippen LogP contribution in [0.15, 0.2) is 28.9 Å². The van der Waals surface area contributed by atoms with Crippen molar-refractivity contribution in [1.82, 2.24) is 9.78 Å². The van der Waals surface area contributed by atoms with Crippen LogP contribution in [0.4, 0.5) is 0 Å². The zero-order valence-corrected chi connectivity index (χ0v) is 13.3. The highest BCUT2D eigenvalue weighted by molar-refractivity contribution is 9.10. The Balaban J connectivity index is 2.56. The van der Waals surface area contributed by atoms with Gasteiger partial charge in [0.15, 0.2) is 0 Å². The van der Waals surface area contributed by atoms with Crippen molar-refractivity contribution in [3.8, 4) is 0 Å². The highest BCUT2D eigenvalue weighted by atomic mass is 79.9. The van der Waals surface area contributed by atoms with Crippen molar-refractivity contribution in [2.45, 2.75) is 26.8 Å². The number of ketones is 1. The Hall–Kier alpha value is -1.13. The molecule has 1 heterocycles. The van der Waals surface area contributed by atoms with Gasteiger partial charge in [-0.2, -0.15) is 5.10 Å². The number of hydrogen-bond acceptors (Lipinski definition) is 2. The zero-order valence-electron chi connectivity index (χ0n) is 10.9. The van der Waals surface area contributed by atoms with E-state index in [-0.39, 0.29) is 11.8 Å². The molecule has 3 nitrogen and oxygen atoms in total. The fourth-order valence-corrected chi connectivity index (χ4v) is 2.53. The lowest BCUT2D eigenvalue weighted by Gasteiger charge is -2.11. The predicted octanol–water partition coefficient (Wildman–Crippen LogP) is 4.42. The molecule has 19 heavy (non-hydrogen) atoms. The quantitative estimate of drug-likeness (QED) is 0.775. The van der Waals surface area contributed by atoms with E-state index in [1.165, 1.54) is 6.20 Å². The van der Waals surface area contributed by atoms with Crippen molar-refractivity contribution in [2.75, 3.05) is 0 Å². The van der Waals surface area contributed by atoms with Crippen molar-refractivity contribution in [1.29, 1.82) is 0 Å². The molecule has 0 fully saturated rings. The summed E-state index contributed by atoms with van der Waals surface area (Å²) in [5, 5.41) is 4.54. The monoisotopic (exact) mass is 340 g/mol. The largest absolute Gasteiger partial charge is 0.287 e. The van der Waals surface area contributed by atoms with Crippen LogP contribution in [0.25, 0.3) is 0 Å². The summed E-state index contributed by atoms with van der Waals surface area (Å²) >= 11 is 9.52. The van der Waals surface area contributed by atoms with E-state index in [2.05, 4.69) is 21.0 Å². The van der Waals surface area contributed by atoms with E-state index in [1.807, 2.05) is 39.0 Å². The second kappa shape index (κ2) is 5.47. The molecule has 0 radical (unpaired) electrons. The van der Waals surface area contributed by atoms with Crippen LogP contribution in [0.1, 0.15) is 41.5 Å². The maximum absolute atomic E-state index is 12.7. The highest BCUT2D eigenvalue weighted by Crippen LogP contribution is 2.26. The first-order valence-corrected chi connectivity index (χ1v) is 7.12. The van der Waals surface area contributed by atoms with Crippen molar-refractivity contribution < 1.29 is 4.79 Å². The number of carbonyl (C=O) groups excluding carboxylic acids is 1. The summed E-state index contributed by atoms with van der Waals surface area (Å²) in [6.07, 6.45) is 1.51. The summed E-state index contributed by atoms with van der Waals surface area (Å²) in [6, 6.07) is 5.74. The van der Waals surface area contributed by atoms with Crippen molar-refractivity contribution in [2.24, 2.45) is 0 Å². The summed E-state index contributed by atoms with van der Waals surface area (Å²) in [4.78, 5) is 12.7. The van der Waals surface area contributed by atoms with Gasteiger partial charge in [-0.15, -0.1) is 0 Å². The van der Waals surface area contributed by atoms with Gasteiger partial charge in [0, 0.05) is 16.1 Å². The third-order valence-corrected chi connectivity index (χ3v) is 3.79. The van der Waals surface area contributed by atoms with Gasteiger partial charge in [-0.1, -0.05) is 39.2 Å². The van der Waals surface area contributed by atoms with Crippen molar-refractivity contribution in [3.63, 3.8) is 0 Å². The van der Waals surface area contributed by atoms with Gasteiger partial charge in [-0.25, -0.2) is 0 Å². The van der Waals surface area contributed by atoms with Gasteiger partial charge in [0.05, 0.1) is 11.2 Å². The first-order valence-electron chi connectivity index (χ1n) is 5.95. The Kier molecular flexibility index (Phi) is 4.11. The van der Waals surface area contributed by atoms with Crippen LogP contribution in [0.2, 0.25) is 5.02 Å². The van der Waals surface area contributed by atoms with Gasteiger partial charge in [-0.05, 0) is 32.9 Å². The number of hydrogen-bond donors (Lipinski definition) is 0. The molecule has 0 amide bonds. The molecule has 0 spiro atoms. The third-order valence-electron chi connectivity index (χ3n) is 2.82. The van der Waals surface area contributed by atoms with Crippen LogP contribution in [0, 0.1) is 6.92 Å². The number of nitrogens with zero attached hydrogens (tertiary/aromatic N) is 2. The van der Waals surface area contributed by atoms with Crippen LogP contribution in [-0.2, 0) is 0 Å². The molecular formula is C14H14BrClN2O. The summed E-state index contributed by atoms with van der Waals surface area (Å²) in [6.45, 7) is 5.88. The van der Waals surface area contributed by atoms with Crippen LogP contribution in [0.5, 0.6) is 0 Å². The Morgan fingerprint density at radius 1 is 1.42 bits per heavy atom. The molecule has 1 aromatic carbocycles. The van der Waals surface area contributed by atoms with E-state index < -0.39 is 0 Å². The average molecular weight is 342 g/mol. The second-order valence-electron chi connectivity index (χ2n) is 4.69. The molecule has 5 heteroatoms. The van der Waals surface area contributed by atoms with Crippen molar-refractivity contribution >= 4 is 33.3 Å². The SMILES string of the molecule is Cc1ccc(Br)c(C(=O)c2c(Cl)cnn2C(C)C)c1. The van der Waals surface area contributed by atoms with Gasteiger partial charge >= 0.3 is 0 Å². The van der Waals surface area contributed by atoms with Crippen LogP contribution < -0.4 is 0 Å². The number of carbonyl (C=O) groups is 1. The van der Waals surface area contributed by atoms with Crippen LogP contribution >= 0.6 is 27.5 Å². The number of aryl methyl sites for hydroxylation is 1. The summed E-state index contributed by atoms with van der Waals surface area (Å²) in [7, 11) is 0. The molecule has 2 aromatic rings. The molecule has 1 aromatic heterocycles. The molecule has 0 unspecified atom stereocenters. The maximum Gasteiger partial charge on any atom is 0.213 e. The first-order chi connectivity index (χ1) is 8.91. The second-order valence-corrected chi connectivity index (χ2v) is 5.95. The number of aromatic nitrogens is 2. The average Bonchev–Trinajstić information content (AvgIpc) is 2.73. The fraction of sp³-hybridized carbons (Fsp3) is 0.286. The van der Waals surface area contributed by atoms with E-state index >= 15 is 0 Å². The molecule has 100 valence electrons. The van der Waals surface area contributed by atoms with E-state index in [0.29, 0.717) is 16.3 Å². The lowest BCUT2D eigenvalue weighted by molar-refractivity contribution is 0.102. The Morgan fingerprint density at radius 2 is 2.11 bits per heavy atom. The molecule has 0 aliphatic rings. The van der Waals surface area contributed by atoms with Gasteiger partial charge in [0.2, 0.25) is 5.78 Å². The lowest BCUT2D eigenvalue weighted by atomic mass is 10.1. The molecule has 0 aliphatic carbocycles. The standard InChI is InChI=1S/C14H14BrClN2O/c1-8(2)18-13(12(16)7-17-18)14(19)10-6-9(3)4-5-11(10)15/h4-8H,1-3H3. The minimum atomic E-state index is -0.119. The Morgan fingerprint density at radius 3 is 2.74 bits per heavy atom. The normalized spacial score (nSPS) is 11.1. The molecule has 2 rings (SSSR count). The predicted molar refractivity (Wildman–Crippen MR) is 79.9 cm³/mol. The molecular weight excluding hydrogens is 328 g/mol. The maximum atomic E-state index is 12.7. The van der Waals surface area contributed by atoms with Crippen LogP contribution in [-0.4, -0.2) is 15.6 Å². The zero-order chi connectivity index (χ0) is 14.2.